The van der Waals surface area contributed by atoms with E-state index in [-0.39, 0.29) is 38.6 Å². The van der Waals surface area contributed by atoms with Crippen LogP contribution in [-0.2, 0) is 32.7 Å². The molecule has 0 saturated carbocycles. The first kappa shape index (κ1) is 54.5. The molecule has 1 unspecified atom stereocenters. The van der Waals surface area contributed by atoms with Gasteiger partial charge in [-0.3, -0.25) is 18.6 Å². The highest BCUT2D eigenvalue weighted by molar-refractivity contribution is 7.47. The SMILES string of the molecule is CCCCCCC/C=C/CCCCCCCC(=O)OC[C@H](COP(=O)(O)OCCN)OC(=O)CCCCCCCCCCCCC/C=C/CCCCCCCC. The normalized spacial score (nSPS) is 13.4. The number of carbonyl (C=O) groups is 2. The van der Waals surface area contributed by atoms with Crippen LogP contribution in [0.25, 0.3) is 0 Å². The Morgan fingerprint density at radius 2 is 0.875 bits per heavy atom. The van der Waals surface area contributed by atoms with Crippen LogP contribution in [0, 0.1) is 0 Å². The van der Waals surface area contributed by atoms with Crippen molar-refractivity contribution >= 4 is 19.8 Å². The van der Waals surface area contributed by atoms with Crippen LogP contribution in [0.4, 0.5) is 0 Å². The highest BCUT2D eigenvalue weighted by Crippen LogP contribution is 2.43. The van der Waals surface area contributed by atoms with Gasteiger partial charge in [0.1, 0.15) is 6.61 Å². The molecule has 0 heterocycles. The Hall–Kier alpha value is -1.51. The molecule has 0 saturated heterocycles. The fourth-order valence-corrected chi connectivity index (χ4v) is 7.33. The van der Waals surface area contributed by atoms with Crippen LogP contribution >= 0.6 is 7.82 Å². The summed E-state index contributed by atoms with van der Waals surface area (Å²) >= 11 is 0. The van der Waals surface area contributed by atoms with Gasteiger partial charge in [0.05, 0.1) is 13.2 Å². The standard InChI is InChI=1S/C46H88NO8P/c1-3-5-7-9-11-13-15-17-19-20-21-22-23-24-25-27-29-31-33-35-37-39-46(49)55-44(43-54-56(50,51)53-41-40-47)42-52-45(48)38-36-34-32-30-28-26-18-16-14-12-10-8-6-4-2/h16-19,44H,3-15,20-43,47H2,1-2H3,(H,50,51)/b18-16+,19-17+/t44-/m1/s1. The summed E-state index contributed by atoms with van der Waals surface area (Å²) < 4.78 is 32.8. The third-order valence-electron chi connectivity index (χ3n) is 10.1. The molecule has 330 valence electrons. The quantitative estimate of drug-likeness (QED) is 0.0267. The highest BCUT2D eigenvalue weighted by Gasteiger charge is 2.26. The molecule has 0 aliphatic carbocycles. The fraction of sp³-hybridized carbons (Fsp3) is 0.870. The van der Waals surface area contributed by atoms with Crippen molar-refractivity contribution in [2.24, 2.45) is 5.73 Å². The molecule has 0 spiro atoms. The summed E-state index contributed by atoms with van der Waals surface area (Å²) in [5.41, 5.74) is 5.35. The summed E-state index contributed by atoms with van der Waals surface area (Å²) in [5, 5.41) is 0. The van der Waals surface area contributed by atoms with E-state index in [0.717, 1.165) is 57.8 Å². The van der Waals surface area contributed by atoms with Crippen molar-refractivity contribution < 1.29 is 37.6 Å². The number of hydrogen-bond donors (Lipinski definition) is 2. The molecule has 3 N–H and O–H groups in total. The first-order chi connectivity index (χ1) is 27.3. The van der Waals surface area contributed by atoms with Gasteiger partial charge in [-0.25, -0.2) is 4.57 Å². The number of phosphoric acid groups is 1. The van der Waals surface area contributed by atoms with Crippen LogP contribution in [0.15, 0.2) is 24.3 Å². The molecule has 0 aromatic carbocycles. The number of esters is 2. The second-order valence-electron chi connectivity index (χ2n) is 15.6. The van der Waals surface area contributed by atoms with Crippen molar-refractivity contribution in [3.8, 4) is 0 Å². The van der Waals surface area contributed by atoms with Crippen LogP contribution in [-0.4, -0.2) is 49.3 Å². The lowest BCUT2D eigenvalue weighted by Crippen LogP contribution is -2.29. The molecule has 10 heteroatoms. The van der Waals surface area contributed by atoms with Gasteiger partial charge in [-0.15, -0.1) is 0 Å². The van der Waals surface area contributed by atoms with Crippen molar-refractivity contribution in [1.29, 1.82) is 0 Å². The number of rotatable bonds is 44. The lowest BCUT2D eigenvalue weighted by Gasteiger charge is -2.19. The minimum atomic E-state index is -4.38. The lowest BCUT2D eigenvalue weighted by atomic mass is 10.0. The highest BCUT2D eigenvalue weighted by atomic mass is 31.2. The molecule has 0 aromatic rings. The molecule has 0 aromatic heterocycles. The fourth-order valence-electron chi connectivity index (χ4n) is 6.57. The van der Waals surface area contributed by atoms with Crippen LogP contribution in [0.3, 0.4) is 0 Å². The van der Waals surface area contributed by atoms with Gasteiger partial charge in [-0.2, -0.15) is 0 Å². The van der Waals surface area contributed by atoms with Gasteiger partial charge in [0, 0.05) is 19.4 Å². The molecule has 0 amide bonds. The van der Waals surface area contributed by atoms with Gasteiger partial charge in [-0.05, 0) is 64.2 Å². The third kappa shape index (κ3) is 42.1. The second-order valence-corrected chi connectivity index (χ2v) is 17.1. The number of phosphoric ester groups is 1. The van der Waals surface area contributed by atoms with Crippen molar-refractivity contribution in [1.82, 2.24) is 0 Å². The zero-order valence-corrected chi connectivity index (χ0v) is 37.3. The largest absolute Gasteiger partial charge is 0.472 e. The molecule has 0 radical (unpaired) electrons. The molecule has 0 rings (SSSR count). The topological polar surface area (TPSA) is 134 Å². The van der Waals surface area contributed by atoms with E-state index >= 15 is 0 Å². The van der Waals surface area contributed by atoms with E-state index in [4.69, 9.17) is 24.3 Å². The number of nitrogens with two attached hydrogens (primary N) is 1. The van der Waals surface area contributed by atoms with Gasteiger partial charge in [0.25, 0.3) is 0 Å². The first-order valence-corrected chi connectivity index (χ1v) is 24.8. The predicted octanol–water partition coefficient (Wildman–Crippen LogP) is 13.6. The molecular formula is C46H88NO8P. The van der Waals surface area contributed by atoms with E-state index in [1.165, 1.54) is 135 Å². The number of ether oxygens (including phenoxy) is 2. The van der Waals surface area contributed by atoms with Crippen LogP contribution < -0.4 is 5.73 Å². The van der Waals surface area contributed by atoms with Crippen molar-refractivity contribution in [2.45, 2.75) is 232 Å². The van der Waals surface area contributed by atoms with Crippen molar-refractivity contribution in [3.05, 3.63) is 24.3 Å². The van der Waals surface area contributed by atoms with E-state index < -0.39 is 26.5 Å². The summed E-state index contributed by atoms with van der Waals surface area (Å²) in [6.07, 6.45) is 46.4. The van der Waals surface area contributed by atoms with Crippen molar-refractivity contribution in [3.63, 3.8) is 0 Å². The number of hydrogen-bond acceptors (Lipinski definition) is 8. The van der Waals surface area contributed by atoms with Gasteiger partial charge in [0.15, 0.2) is 6.10 Å². The molecular weight excluding hydrogens is 725 g/mol. The molecule has 0 fully saturated rings. The molecule has 0 bridgehead atoms. The average Bonchev–Trinajstić information content (AvgIpc) is 3.18. The molecule has 2 atom stereocenters. The lowest BCUT2D eigenvalue weighted by molar-refractivity contribution is -0.161. The van der Waals surface area contributed by atoms with Gasteiger partial charge < -0.3 is 20.1 Å². The summed E-state index contributed by atoms with van der Waals surface area (Å²) in [7, 11) is -4.38. The van der Waals surface area contributed by atoms with Crippen LogP contribution in [0.5, 0.6) is 0 Å². The smallest absolute Gasteiger partial charge is 0.462 e. The second kappa shape index (κ2) is 43.1. The summed E-state index contributed by atoms with van der Waals surface area (Å²) in [6, 6.07) is 0. The van der Waals surface area contributed by atoms with Crippen LogP contribution in [0.2, 0.25) is 0 Å². The number of allylic oxidation sites excluding steroid dienone is 4. The first-order valence-electron chi connectivity index (χ1n) is 23.3. The summed E-state index contributed by atoms with van der Waals surface area (Å²) in [5.74, 6) is -0.832. The maximum absolute atomic E-state index is 12.6. The Balaban J connectivity index is 4.07. The zero-order valence-electron chi connectivity index (χ0n) is 36.4. The Morgan fingerprint density at radius 3 is 1.27 bits per heavy atom. The monoisotopic (exact) mass is 814 g/mol. The van der Waals surface area contributed by atoms with Crippen molar-refractivity contribution in [2.75, 3.05) is 26.4 Å². The van der Waals surface area contributed by atoms with E-state index in [9.17, 15) is 19.0 Å². The molecule has 9 nitrogen and oxygen atoms in total. The minimum absolute atomic E-state index is 0.0535. The molecule has 0 aliphatic rings. The maximum Gasteiger partial charge on any atom is 0.472 e. The van der Waals surface area contributed by atoms with E-state index in [0.29, 0.717) is 6.42 Å². The maximum atomic E-state index is 12.6. The number of unbranched alkanes of at least 4 members (excludes halogenated alkanes) is 27. The molecule has 56 heavy (non-hydrogen) atoms. The van der Waals surface area contributed by atoms with Gasteiger partial charge in [-0.1, -0.05) is 173 Å². The number of carbonyl (C=O) groups excluding carboxylic acids is 2. The van der Waals surface area contributed by atoms with E-state index in [1.807, 2.05) is 0 Å². The van der Waals surface area contributed by atoms with Gasteiger partial charge >= 0.3 is 19.8 Å². The Morgan fingerprint density at radius 1 is 0.518 bits per heavy atom. The molecule has 0 aliphatic heterocycles. The average molecular weight is 814 g/mol. The zero-order chi connectivity index (χ0) is 41.1. The Kier molecular flexibility index (Phi) is 41.9. The van der Waals surface area contributed by atoms with E-state index in [2.05, 4.69) is 38.2 Å². The predicted molar refractivity (Wildman–Crippen MR) is 234 cm³/mol. The van der Waals surface area contributed by atoms with Crippen LogP contribution in [0.1, 0.15) is 226 Å². The minimum Gasteiger partial charge on any atom is -0.462 e. The van der Waals surface area contributed by atoms with Gasteiger partial charge in [0.2, 0.25) is 0 Å². The summed E-state index contributed by atoms with van der Waals surface area (Å²) in [6.45, 7) is 3.73. The summed E-state index contributed by atoms with van der Waals surface area (Å²) in [4.78, 5) is 34.9. The Labute approximate surface area is 344 Å². The Bertz CT molecular complexity index is 975. The third-order valence-corrected chi connectivity index (χ3v) is 11.0. The van der Waals surface area contributed by atoms with E-state index in [1.54, 1.807) is 0 Å².